The van der Waals surface area contributed by atoms with Crippen molar-refractivity contribution >= 4 is 17.2 Å². The fourth-order valence-electron chi connectivity index (χ4n) is 3.80. The molecule has 106 valence electrons. The Bertz CT molecular complexity index is 576. The van der Waals surface area contributed by atoms with Crippen molar-refractivity contribution in [1.82, 2.24) is 0 Å². The van der Waals surface area contributed by atoms with Crippen LogP contribution < -0.4 is 5.01 Å². The monoisotopic (exact) mass is 270 g/mol. The number of carbonyl (C=O) groups is 1. The molecule has 0 heterocycles. The quantitative estimate of drug-likeness (QED) is 0.770. The standard InChI is InChI=1S/C17H22N2O/c1-16(2)13-10-11-17(16,3)15(20)14(13)18-19(4)12-8-6-5-7-9-12/h5-9,13H,10-11H2,1-4H3/b18-14-. The van der Waals surface area contributed by atoms with Gasteiger partial charge in [0.2, 0.25) is 0 Å². The van der Waals surface area contributed by atoms with E-state index in [1.807, 2.05) is 42.4 Å². The van der Waals surface area contributed by atoms with Gasteiger partial charge >= 0.3 is 0 Å². The number of para-hydroxylation sites is 1. The van der Waals surface area contributed by atoms with E-state index in [0.29, 0.717) is 5.92 Å². The molecule has 2 saturated carbocycles. The van der Waals surface area contributed by atoms with Gasteiger partial charge in [-0.05, 0) is 30.4 Å². The topological polar surface area (TPSA) is 32.7 Å². The zero-order valence-corrected chi connectivity index (χ0v) is 12.7. The van der Waals surface area contributed by atoms with Crippen molar-refractivity contribution in [3.63, 3.8) is 0 Å². The highest BCUT2D eigenvalue weighted by molar-refractivity contribution is 6.45. The van der Waals surface area contributed by atoms with E-state index >= 15 is 0 Å². The summed E-state index contributed by atoms with van der Waals surface area (Å²) in [5, 5.41) is 6.48. The van der Waals surface area contributed by atoms with Gasteiger partial charge in [-0.2, -0.15) is 5.10 Å². The lowest BCUT2D eigenvalue weighted by molar-refractivity contribution is -0.123. The summed E-state index contributed by atoms with van der Waals surface area (Å²) in [6.07, 6.45) is 2.08. The Morgan fingerprint density at radius 2 is 1.85 bits per heavy atom. The predicted molar refractivity (Wildman–Crippen MR) is 81.9 cm³/mol. The first-order valence-electron chi connectivity index (χ1n) is 7.30. The van der Waals surface area contributed by atoms with Crippen molar-refractivity contribution in [2.45, 2.75) is 33.6 Å². The molecule has 2 bridgehead atoms. The number of Topliss-reactive ketones (excluding diaryl/α,β-unsaturated/α-hetero) is 1. The summed E-state index contributed by atoms with van der Waals surface area (Å²) in [5.74, 6) is 0.549. The number of rotatable bonds is 2. The molecule has 3 nitrogen and oxygen atoms in total. The van der Waals surface area contributed by atoms with Crippen molar-refractivity contribution in [2.75, 3.05) is 12.1 Å². The van der Waals surface area contributed by atoms with Gasteiger partial charge in [0, 0.05) is 18.4 Å². The molecule has 0 N–H and O–H groups in total. The van der Waals surface area contributed by atoms with Gasteiger partial charge in [-0.1, -0.05) is 39.0 Å². The number of nitrogens with zero attached hydrogens (tertiary/aromatic N) is 2. The smallest absolute Gasteiger partial charge is 0.185 e. The van der Waals surface area contributed by atoms with Gasteiger partial charge in [0.1, 0.15) is 5.71 Å². The van der Waals surface area contributed by atoms with E-state index in [0.717, 1.165) is 24.2 Å². The van der Waals surface area contributed by atoms with Gasteiger partial charge in [-0.3, -0.25) is 9.80 Å². The molecular formula is C17H22N2O. The molecule has 3 rings (SSSR count). The summed E-state index contributed by atoms with van der Waals surface area (Å²) in [6, 6.07) is 9.97. The molecule has 3 heteroatoms. The molecular weight excluding hydrogens is 248 g/mol. The van der Waals surface area contributed by atoms with Gasteiger partial charge in [0.25, 0.3) is 0 Å². The molecule has 0 radical (unpaired) electrons. The van der Waals surface area contributed by atoms with Crippen LogP contribution in [0.2, 0.25) is 0 Å². The van der Waals surface area contributed by atoms with Gasteiger partial charge in [0.05, 0.1) is 5.69 Å². The van der Waals surface area contributed by atoms with Crippen LogP contribution in [0.15, 0.2) is 35.4 Å². The molecule has 0 amide bonds. The summed E-state index contributed by atoms with van der Waals surface area (Å²) in [6.45, 7) is 6.54. The Balaban J connectivity index is 1.96. The second kappa shape index (κ2) is 4.18. The maximum atomic E-state index is 12.7. The lowest BCUT2D eigenvalue weighted by atomic mass is 9.70. The fraction of sp³-hybridized carbons (Fsp3) is 0.529. The van der Waals surface area contributed by atoms with E-state index in [-0.39, 0.29) is 16.6 Å². The molecule has 0 saturated heterocycles. The molecule has 20 heavy (non-hydrogen) atoms. The lowest BCUT2D eigenvalue weighted by Gasteiger charge is -2.31. The third-order valence-electron chi connectivity index (χ3n) is 5.68. The number of anilines is 1. The van der Waals surface area contributed by atoms with Crippen molar-refractivity contribution in [3.8, 4) is 0 Å². The molecule has 2 unspecified atom stereocenters. The Morgan fingerprint density at radius 3 is 2.40 bits per heavy atom. The third-order valence-corrected chi connectivity index (χ3v) is 5.68. The summed E-state index contributed by atoms with van der Waals surface area (Å²) < 4.78 is 0. The number of benzene rings is 1. The van der Waals surface area contributed by atoms with Crippen LogP contribution >= 0.6 is 0 Å². The third kappa shape index (κ3) is 1.58. The Hall–Kier alpha value is -1.64. The second-order valence-electron chi connectivity index (χ2n) is 6.82. The SMILES string of the molecule is CN(/N=C1\C(=O)C2(C)CCC1C2(C)C)c1ccccc1. The summed E-state index contributed by atoms with van der Waals surface area (Å²) in [4.78, 5) is 12.7. The second-order valence-corrected chi connectivity index (χ2v) is 6.82. The molecule has 2 aliphatic rings. The van der Waals surface area contributed by atoms with Crippen LogP contribution in [-0.2, 0) is 4.79 Å². The van der Waals surface area contributed by atoms with E-state index in [1.165, 1.54) is 0 Å². The number of hydrogen-bond donors (Lipinski definition) is 0. The van der Waals surface area contributed by atoms with Crippen LogP contribution in [0.1, 0.15) is 33.6 Å². The average molecular weight is 270 g/mol. The van der Waals surface area contributed by atoms with Crippen LogP contribution in [0.3, 0.4) is 0 Å². The number of carbonyl (C=O) groups excluding carboxylic acids is 1. The highest BCUT2D eigenvalue weighted by atomic mass is 16.1. The number of fused-ring (bicyclic) bond motifs is 2. The molecule has 2 aliphatic carbocycles. The van der Waals surface area contributed by atoms with Crippen LogP contribution in [0.4, 0.5) is 5.69 Å². The van der Waals surface area contributed by atoms with Crippen molar-refractivity contribution in [3.05, 3.63) is 30.3 Å². The zero-order chi connectivity index (χ0) is 14.5. The first kappa shape index (κ1) is 13.3. The van der Waals surface area contributed by atoms with Gasteiger partial charge < -0.3 is 0 Å². The fourth-order valence-corrected chi connectivity index (χ4v) is 3.80. The maximum absolute atomic E-state index is 12.7. The molecule has 1 aromatic rings. The molecule has 0 aromatic heterocycles. The molecule has 1 aromatic carbocycles. The number of ketones is 1. The van der Waals surface area contributed by atoms with Crippen LogP contribution in [0.5, 0.6) is 0 Å². The Labute approximate surface area is 120 Å². The lowest BCUT2D eigenvalue weighted by Crippen LogP contribution is -2.34. The molecule has 0 aliphatic heterocycles. The van der Waals surface area contributed by atoms with E-state index in [4.69, 9.17) is 0 Å². The first-order valence-corrected chi connectivity index (χ1v) is 7.30. The molecule has 0 spiro atoms. The Kier molecular flexibility index (Phi) is 2.79. The average Bonchev–Trinajstić information content (AvgIpc) is 2.74. The van der Waals surface area contributed by atoms with Crippen LogP contribution in [-0.4, -0.2) is 18.5 Å². The predicted octanol–water partition coefficient (Wildman–Crippen LogP) is 3.50. The van der Waals surface area contributed by atoms with Gasteiger partial charge in [0.15, 0.2) is 5.78 Å². The van der Waals surface area contributed by atoms with Crippen molar-refractivity contribution in [1.29, 1.82) is 0 Å². The number of hydrazone groups is 1. The minimum Gasteiger partial charge on any atom is -0.292 e. The van der Waals surface area contributed by atoms with Crippen LogP contribution in [0.25, 0.3) is 0 Å². The minimum atomic E-state index is -0.228. The normalized spacial score (nSPS) is 32.9. The number of hydrogen-bond acceptors (Lipinski definition) is 3. The van der Waals surface area contributed by atoms with Crippen molar-refractivity contribution in [2.24, 2.45) is 21.8 Å². The Morgan fingerprint density at radius 1 is 1.20 bits per heavy atom. The highest BCUT2D eigenvalue weighted by Gasteiger charge is 2.65. The maximum Gasteiger partial charge on any atom is 0.185 e. The van der Waals surface area contributed by atoms with E-state index in [9.17, 15) is 4.79 Å². The van der Waals surface area contributed by atoms with E-state index in [1.54, 1.807) is 0 Å². The summed E-state index contributed by atoms with van der Waals surface area (Å²) in [5.41, 5.74) is 1.59. The van der Waals surface area contributed by atoms with E-state index in [2.05, 4.69) is 25.9 Å². The zero-order valence-electron chi connectivity index (χ0n) is 12.7. The van der Waals surface area contributed by atoms with Gasteiger partial charge in [-0.15, -0.1) is 0 Å². The van der Waals surface area contributed by atoms with E-state index < -0.39 is 0 Å². The van der Waals surface area contributed by atoms with Crippen molar-refractivity contribution < 1.29 is 4.79 Å². The summed E-state index contributed by atoms with van der Waals surface area (Å²) >= 11 is 0. The molecule has 2 atom stereocenters. The summed E-state index contributed by atoms with van der Waals surface area (Å²) in [7, 11) is 1.91. The highest BCUT2D eigenvalue weighted by Crippen LogP contribution is 2.62. The molecule has 2 fully saturated rings. The van der Waals surface area contributed by atoms with Gasteiger partial charge in [-0.25, -0.2) is 0 Å². The van der Waals surface area contributed by atoms with Crippen LogP contribution in [0, 0.1) is 16.7 Å². The first-order chi connectivity index (χ1) is 9.38. The minimum absolute atomic E-state index is 0.0282. The largest absolute Gasteiger partial charge is 0.292 e.